The molecule has 0 aliphatic carbocycles. The molecule has 9 heteroatoms. The van der Waals surface area contributed by atoms with Gasteiger partial charge in [-0.15, -0.1) is 0 Å². The lowest BCUT2D eigenvalue weighted by atomic mass is 10.1. The van der Waals surface area contributed by atoms with Gasteiger partial charge in [-0.2, -0.15) is 13.2 Å². The number of hydrogen-bond donors (Lipinski definition) is 0. The fourth-order valence-corrected chi connectivity index (χ4v) is 2.03. The highest BCUT2D eigenvalue weighted by Gasteiger charge is 2.35. The maximum Gasteiger partial charge on any atom is 0.431 e. The van der Waals surface area contributed by atoms with Crippen LogP contribution in [-0.2, 0) is 13.2 Å². The number of carbonyl (C=O) groups excluding carboxylic acids is 1. The minimum Gasteiger partial charge on any atom is -0.292 e. The van der Waals surface area contributed by atoms with Crippen molar-refractivity contribution in [2.45, 2.75) is 6.18 Å². The van der Waals surface area contributed by atoms with E-state index >= 15 is 0 Å². The Labute approximate surface area is 126 Å². The van der Waals surface area contributed by atoms with Gasteiger partial charge in [0.25, 0.3) is 5.56 Å². The van der Waals surface area contributed by atoms with Crippen LogP contribution in [-0.4, -0.2) is 21.6 Å². The smallest absolute Gasteiger partial charge is 0.292 e. The van der Waals surface area contributed by atoms with Crippen molar-refractivity contribution in [1.82, 2.24) is 9.13 Å². The van der Waals surface area contributed by atoms with Gasteiger partial charge in [0.05, 0.1) is 5.69 Å². The highest BCUT2D eigenvalue weighted by molar-refractivity contribution is 5.97. The number of carbonyl (C=O) groups is 1. The van der Waals surface area contributed by atoms with Gasteiger partial charge in [-0.25, -0.2) is 13.8 Å². The number of ketones is 1. The van der Waals surface area contributed by atoms with Crippen molar-refractivity contribution in [3.63, 3.8) is 0 Å². The first kappa shape index (κ1) is 16.7. The van der Waals surface area contributed by atoms with Gasteiger partial charge in [-0.3, -0.25) is 14.2 Å². The van der Waals surface area contributed by atoms with E-state index in [9.17, 15) is 31.9 Å². The van der Waals surface area contributed by atoms with Gasteiger partial charge in [-0.05, 0) is 12.1 Å². The second-order valence-corrected chi connectivity index (χ2v) is 4.65. The number of hydrogen-bond acceptors (Lipinski definition) is 3. The van der Waals surface area contributed by atoms with E-state index in [1.165, 1.54) is 18.2 Å². The van der Waals surface area contributed by atoms with Crippen LogP contribution in [0, 0.1) is 0 Å². The summed E-state index contributed by atoms with van der Waals surface area (Å²) in [6.07, 6.45) is -4.86. The van der Waals surface area contributed by atoms with Crippen LogP contribution >= 0.6 is 0 Å². The van der Waals surface area contributed by atoms with Crippen LogP contribution in [0.25, 0.3) is 5.69 Å². The summed E-state index contributed by atoms with van der Waals surface area (Å²) in [6, 6.07) is 5.17. The van der Waals surface area contributed by atoms with E-state index in [1.807, 2.05) is 0 Å². The van der Waals surface area contributed by atoms with E-state index in [1.54, 1.807) is 0 Å². The molecule has 1 aromatic heterocycles. The molecular weight excluding hydrogens is 320 g/mol. The molecule has 0 spiro atoms. The minimum atomic E-state index is -4.86. The van der Waals surface area contributed by atoms with Crippen molar-refractivity contribution < 1.29 is 22.4 Å². The number of rotatable bonds is 3. The molecule has 0 unspecified atom stereocenters. The highest BCUT2D eigenvalue weighted by atomic mass is 19.4. The zero-order valence-corrected chi connectivity index (χ0v) is 11.7. The molecule has 0 aliphatic rings. The molecule has 0 radical (unpaired) electrons. The normalized spacial score (nSPS) is 11.5. The molecule has 0 amide bonds. The monoisotopic (exact) mass is 330 g/mol. The third-order valence-corrected chi connectivity index (χ3v) is 3.16. The van der Waals surface area contributed by atoms with Crippen LogP contribution in [0.2, 0.25) is 0 Å². The van der Waals surface area contributed by atoms with Gasteiger partial charge >= 0.3 is 11.9 Å². The molecule has 122 valence electrons. The van der Waals surface area contributed by atoms with Gasteiger partial charge in [0, 0.05) is 18.7 Å². The maximum absolute atomic E-state index is 12.8. The Morgan fingerprint density at radius 1 is 1.17 bits per heavy atom. The highest BCUT2D eigenvalue weighted by Crippen LogP contribution is 2.26. The fourth-order valence-electron chi connectivity index (χ4n) is 2.03. The second kappa shape index (κ2) is 5.82. The van der Waals surface area contributed by atoms with Gasteiger partial charge < -0.3 is 0 Å². The molecule has 0 saturated heterocycles. The minimum absolute atomic E-state index is 0.0983. The van der Waals surface area contributed by atoms with Gasteiger partial charge in [0.2, 0.25) is 0 Å². The van der Waals surface area contributed by atoms with Crippen LogP contribution in [0.5, 0.6) is 0 Å². The van der Waals surface area contributed by atoms with E-state index in [0.29, 0.717) is 4.57 Å². The van der Waals surface area contributed by atoms with E-state index in [4.69, 9.17) is 0 Å². The van der Waals surface area contributed by atoms with Crippen molar-refractivity contribution in [2.75, 3.05) is 6.67 Å². The average Bonchev–Trinajstić information content (AvgIpc) is 2.49. The Hall–Kier alpha value is -2.71. The van der Waals surface area contributed by atoms with Gasteiger partial charge in [0.15, 0.2) is 12.5 Å². The van der Waals surface area contributed by atoms with Gasteiger partial charge in [0.1, 0.15) is 5.69 Å². The third kappa shape index (κ3) is 3.08. The van der Waals surface area contributed by atoms with Crippen molar-refractivity contribution in [3.8, 4) is 5.69 Å². The number of aromatic nitrogens is 2. The maximum atomic E-state index is 12.8. The number of Topliss-reactive ketones (excluding diaryl/α,β-unsaturated/α-hetero) is 1. The number of nitrogens with zero attached hydrogens (tertiary/aromatic N) is 2. The molecule has 0 N–H and O–H groups in total. The molecule has 1 heterocycles. The largest absolute Gasteiger partial charge is 0.431 e. The molecule has 2 rings (SSSR count). The summed E-state index contributed by atoms with van der Waals surface area (Å²) in [5.74, 6) is -0.872. The van der Waals surface area contributed by atoms with Crippen LogP contribution in [0.3, 0.4) is 0 Å². The van der Waals surface area contributed by atoms with Crippen LogP contribution in [0.4, 0.5) is 17.6 Å². The zero-order valence-electron chi connectivity index (χ0n) is 11.7. The summed E-state index contributed by atoms with van der Waals surface area (Å²) in [5.41, 5.74) is -4.04. The standard InChI is InChI=1S/C14H10F4N2O3/c1-19-11(14(16,17)18)6-12(22)20(13(19)23)9-4-2-3-8(5-9)10(21)7-15/h2-6H,7H2,1H3. The molecule has 5 nitrogen and oxygen atoms in total. The Bertz CT molecular complexity index is 881. The van der Waals surface area contributed by atoms with E-state index in [0.717, 1.165) is 13.1 Å². The summed E-state index contributed by atoms with van der Waals surface area (Å²) in [4.78, 5) is 35.3. The van der Waals surface area contributed by atoms with Crippen LogP contribution in [0.1, 0.15) is 16.1 Å². The van der Waals surface area contributed by atoms with E-state index < -0.39 is 35.6 Å². The van der Waals surface area contributed by atoms with Crippen LogP contribution < -0.4 is 11.2 Å². The quantitative estimate of drug-likeness (QED) is 0.636. The SMILES string of the molecule is Cn1c(C(F)(F)F)cc(=O)n(-c2cccc(C(=O)CF)c2)c1=O. The lowest BCUT2D eigenvalue weighted by Crippen LogP contribution is -2.40. The first-order chi connectivity index (χ1) is 10.7. The molecule has 0 fully saturated rings. The van der Waals surface area contributed by atoms with E-state index in [-0.39, 0.29) is 21.9 Å². The predicted octanol–water partition coefficient (Wildman–Crippen LogP) is 1.71. The molecule has 0 aliphatic heterocycles. The first-order valence-corrected chi connectivity index (χ1v) is 6.26. The summed E-state index contributed by atoms with van der Waals surface area (Å²) >= 11 is 0. The summed E-state index contributed by atoms with van der Waals surface area (Å²) in [6.45, 7) is -1.27. The molecule has 0 bridgehead atoms. The fraction of sp³-hybridized carbons (Fsp3) is 0.214. The lowest BCUT2D eigenvalue weighted by molar-refractivity contribution is -0.144. The zero-order chi connectivity index (χ0) is 17.4. The molecular formula is C14H10F4N2O3. The Morgan fingerprint density at radius 2 is 1.83 bits per heavy atom. The van der Waals surface area contributed by atoms with Crippen molar-refractivity contribution >= 4 is 5.78 Å². The Balaban J connectivity index is 2.72. The van der Waals surface area contributed by atoms with E-state index in [2.05, 4.69) is 0 Å². The average molecular weight is 330 g/mol. The summed E-state index contributed by atoms with van der Waals surface area (Å²) in [5, 5.41) is 0. The first-order valence-electron chi connectivity index (χ1n) is 6.26. The van der Waals surface area contributed by atoms with Gasteiger partial charge in [-0.1, -0.05) is 12.1 Å². The third-order valence-electron chi connectivity index (χ3n) is 3.16. The second-order valence-electron chi connectivity index (χ2n) is 4.65. The van der Waals surface area contributed by atoms with Crippen molar-refractivity contribution in [3.05, 3.63) is 62.4 Å². The van der Waals surface area contributed by atoms with Crippen LogP contribution in [0.15, 0.2) is 39.9 Å². The number of halogens is 4. The number of alkyl halides is 4. The van der Waals surface area contributed by atoms with Crippen molar-refractivity contribution in [1.29, 1.82) is 0 Å². The molecule has 1 aromatic carbocycles. The van der Waals surface area contributed by atoms with Crippen molar-refractivity contribution in [2.24, 2.45) is 7.05 Å². The topological polar surface area (TPSA) is 61.1 Å². The lowest BCUT2D eigenvalue weighted by Gasteiger charge is -2.14. The Kier molecular flexibility index (Phi) is 4.22. The molecule has 0 atom stereocenters. The summed E-state index contributed by atoms with van der Waals surface area (Å²) < 4.78 is 51.5. The molecule has 0 saturated carbocycles. The summed E-state index contributed by atoms with van der Waals surface area (Å²) in [7, 11) is 0.873. The predicted molar refractivity (Wildman–Crippen MR) is 72.6 cm³/mol. The molecule has 23 heavy (non-hydrogen) atoms. The Morgan fingerprint density at radius 3 is 2.39 bits per heavy atom. The molecule has 2 aromatic rings. The number of benzene rings is 1.